The number of amides is 2. The average Bonchev–Trinajstić information content (AvgIpc) is 2.64. The fraction of sp³-hybridized carbons (Fsp3) is 0.538. The van der Waals surface area contributed by atoms with E-state index in [0.29, 0.717) is 12.8 Å². The van der Waals surface area contributed by atoms with Gasteiger partial charge in [0.1, 0.15) is 24.1 Å². The Morgan fingerprint density at radius 3 is 2.60 bits per heavy atom. The van der Waals surface area contributed by atoms with Crippen LogP contribution in [0.25, 0.3) is 0 Å². The normalized spacial score (nSPS) is 40.8. The van der Waals surface area contributed by atoms with Gasteiger partial charge in [0.15, 0.2) is 0 Å². The van der Waals surface area contributed by atoms with Crippen molar-refractivity contribution in [2.24, 2.45) is 11.8 Å². The molecule has 3 rings (SSSR count). The number of carbonyl (C=O) groups excluding carboxylic acids is 2. The molecule has 5 atom stereocenters. The van der Waals surface area contributed by atoms with Crippen LogP contribution in [0.3, 0.4) is 0 Å². The standard InChI is InChI=1S/C13H16N2O5/c16-8-3-1-2-6-10(8)13(20)15(12(6)19)7-4-5-9(17)14-11(7)18/h1-3,6-7,9-11,14,16-18H,4-5H2. The van der Waals surface area contributed by atoms with Crippen molar-refractivity contribution in [1.82, 2.24) is 10.2 Å². The van der Waals surface area contributed by atoms with E-state index in [9.17, 15) is 24.9 Å². The summed E-state index contributed by atoms with van der Waals surface area (Å²) in [6.45, 7) is 0. The molecule has 2 heterocycles. The SMILES string of the molecule is O=C1C2C=CC=C(O)C2C(=O)N1C1CCC(O)NC1O. The van der Waals surface area contributed by atoms with Crippen LogP contribution in [-0.2, 0) is 9.59 Å². The highest BCUT2D eigenvalue weighted by Gasteiger charge is 2.53. The number of likely N-dealkylation sites (tertiary alicyclic amines) is 1. The minimum Gasteiger partial charge on any atom is -0.511 e. The molecule has 7 heteroatoms. The first-order valence-electron chi connectivity index (χ1n) is 6.57. The van der Waals surface area contributed by atoms with E-state index >= 15 is 0 Å². The van der Waals surface area contributed by atoms with E-state index in [1.165, 1.54) is 6.08 Å². The van der Waals surface area contributed by atoms with Crippen LogP contribution in [0.1, 0.15) is 12.8 Å². The number of aliphatic hydroxyl groups is 3. The number of rotatable bonds is 1. The molecule has 0 aromatic heterocycles. The minimum absolute atomic E-state index is 0.128. The molecule has 0 saturated carbocycles. The number of hydrogen-bond donors (Lipinski definition) is 4. The zero-order chi connectivity index (χ0) is 14.4. The third kappa shape index (κ3) is 1.86. The molecule has 2 amide bonds. The van der Waals surface area contributed by atoms with Crippen molar-refractivity contribution in [3.8, 4) is 0 Å². The predicted octanol–water partition coefficient (Wildman–Crippen LogP) is -1.01. The van der Waals surface area contributed by atoms with E-state index in [4.69, 9.17) is 0 Å². The molecule has 0 bridgehead atoms. The molecule has 1 aliphatic carbocycles. The summed E-state index contributed by atoms with van der Waals surface area (Å²) in [7, 11) is 0. The second-order valence-corrected chi connectivity index (χ2v) is 5.30. The van der Waals surface area contributed by atoms with Crippen molar-refractivity contribution in [2.45, 2.75) is 31.3 Å². The maximum Gasteiger partial charge on any atom is 0.241 e. The summed E-state index contributed by atoms with van der Waals surface area (Å²) in [5, 5.41) is 31.6. The number of carbonyl (C=O) groups is 2. The van der Waals surface area contributed by atoms with Gasteiger partial charge in [0.05, 0.1) is 12.0 Å². The summed E-state index contributed by atoms with van der Waals surface area (Å²) in [4.78, 5) is 25.7. The van der Waals surface area contributed by atoms with Gasteiger partial charge < -0.3 is 15.3 Å². The molecule has 3 aliphatic rings. The number of nitrogens with zero attached hydrogens (tertiary/aromatic N) is 1. The van der Waals surface area contributed by atoms with Crippen LogP contribution in [0.2, 0.25) is 0 Å². The molecule has 0 spiro atoms. The van der Waals surface area contributed by atoms with Crippen LogP contribution < -0.4 is 5.32 Å². The summed E-state index contributed by atoms with van der Waals surface area (Å²) in [6, 6.07) is -0.717. The zero-order valence-corrected chi connectivity index (χ0v) is 10.6. The van der Waals surface area contributed by atoms with Gasteiger partial charge in [-0.25, -0.2) is 0 Å². The molecule has 0 aromatic carbocycles. The third-order valence-electron chi connectivity index (χ3n) is 4.08. The average molecular weight is 280 g/mol. The number of imide groups is 1. The largest absolute Gasteiger partial charge is 0.511 e. The van der Waals surface area contributed by atoms with Crippen LogP contribution in [0, 0.1) is 11.8 Å². The fourth-order valence-corrected chi connectivity index (χ4v) is 3.07. The smallest absolute Gasteiger partial charge is 0.241 e. The number of allylic oxidation sites excluding steroid dienone is 2. The van der Waals surface area contributed by atoms with Gasteiger partial charge in [-0.3, -0.25) is 19.8 Å². The summed E-state index contributed by atoms with van der Waals surface area (Å²) in [6.07, 6.45) is 3.18. The van der Waals surface area contributed by atoms with Gasteiger partial charge in [-0.2, -0.15) is 0 Å². The van der Waals surface area contributed by atoms with Gasteiger partial charge in [-0.15, -0.1) is 0 Å². The maximum atomic E-state index is 12.4. The first kappa shape index (κ1) is 13.3. The summed E-state index contributed by atoms with van der Waals surface area (Å²) in [5.74, 6) is -2.63. The van der Waals surface area contributed by atoms with Crippen LogP contribution in [0.15, 0.2) is 24.0 Å². The highest BCUT2D eigenvalue weighted by Crippen LogP contribution is 2.37. The summed E-state index contributed by atoms with van der Waals surface area (Å²) < 4.78 is 0. The second kappa shape index (κ2) is 4.69. The van der Waals surface area contributed by atoms with Crippen LogP contribution in [0.4, 0.5) is 0 Å². The Kier molecular flexibility index (Phi) is 3.12. The highest BCUT2D eigenvalue weighted by molar-refractivity contribution is 6.07. The van der Waals surface area contributed by atoms with E-state index in [1.54, 1.807) is 12.2 Å². The Morgan fingerprint density at radius 1 is 1.20 bits per heavy atom. The first-order valence-corrected chi connectivity index (χ1v) is 6.57. The lowest BCUT2D eigenvalue weighted by molar-refractivity contribution is -0.149. The van der Waals surface area contributed by atoms with Crippen molar-refractivity contribution in [1.29, 1.82) is 0 Å². The van der Waals surface area contributed by atoms with Gasteiger partial charge in [0.25, 0.3) is 0 Å². The number of piperidine rings is 1. The Morgan fingerprint density at radius 2 is 1.95 bits per heavy atom. The molecule has 0 radical (unpaired) electrons. The Hall–Kier alpha value is -1.70. The summed E-state index contributed by atoms with van der Waals surface area (Å²) in [5.41, 5.74) is 0. The molecule has 2 aliphatic heterocycles. The fourth-order valence-electron chi connectivity index (χ4n) is 3.07. The summed E-state index contributed by atoms with van der Waals surface area (Å²) >= 11 is 0. The minimum atomic E-state index is -1.16. The van der Waals surface area contributed by atoms with E-state index in [0.717, 1.165) is 4.90 Å². The lowest BCUT2D eigenvalue weighted by Gasteiger charge is -2.36. The first-order chi connectivity index (χ1) is 9.50. The Bertz CT molecular complexity index is 515. The molecule has 2 fully saturated rings. The topological polar surface area (TPSA) is 110 Å². The van der Waals surface area contributed by atoms with E-state index in [2.05, 4.69) is 5.32 Å². The van der Waals surface area contributed by atoms with Crippen molar-refractivity contribution in [3.05, 3.63) is 24.0 Å². The van der Waals surface area contributed by atoms with E-state index < -0.39 is 42.1 Å². The lowest BCUT2D eigenvalue weighted by atomic mass is 9.89. The van der Waals surface area contributed by atoms with Crippen molar-refractivity contribution in [2.75, 3.05) is 0 Å². The van der Waals surface area contributed by atoms with Crippen molar-refractivity contribution >= 4 is 11.8 Å². The number of hydrogen-bond acceptors (Lipinski definition) is 6. The lowest BCUT2D eigenvalue weighted by Crippen LogP contribution is -2.58. The second-order valence-electron chi connectivity index (χ2n) is 5.30. The van der Waals surface area contributed by atoms with Gasteiger partial charge >= 0.3 is 0 Å². The highest BCUT2D eigenvalue weighted by atomic mass is 16.3. The Balaban J connectivity index is 1.88. The van der Waals surface area contributed by atoms with Gasteiger partial charge in [0, 0.05) is 0 Å². The molecular weight excluding hydrogens is 264 g/mol. The van der Waals surface area contributed by atoms with Crippen LogP contribution in [-0.4, -0.2) is 50.5 Å². The third-order valence-corrected chi connectivity index (χ3v) is 4.08. The van der Waals surface area contributed by atoms with Gasteiger partial charge in [0.2, 0.25) is 11.8 Å². The number of aliphatic hydroxyl groups excluding tert-OH is 3. The van der Waals surface area contributed by atoms with E-state index in [1.807, 2.05) is 0 Å². The van der Waals surface area contributed by atoms with E-state index in [-0.39, 0.29) is 5.76 Å². The van der Waals surface area contributed by atoms with Crippen LogP contribution in [0.5, 0.6) is 0 Å². The Labute approximate surface area is 115 Å². The zero-order valence-electron chi connectivity index (χ0n) is 10.6. The van der Waals surface area contributed by atoms with Crippen molar-refractivity contribution < 1.29 is 24.9 Å². The quantitative estimate of drug-likeness (QED) is 0.458. The molecule has 7 nitrogen and oxygen atoms in total. The van der Waals surface area contributed by atoms with Gasteiger partial charge in [-0.1, -0.05) is 12.2 Å². The molecule has 2 saturated heterocycles. The molecule has 0 aromatic rings. The number of nitrogens with one attached hydrogen (secondary N) is 1. The molecule has 20 heavy (non-hydrogen) atoms. The molecular formula is C13H16N2O5. The number of fused-ring (bicyclic) bond motifs is 1. The predicted molar refractivity (Wildman–Crippen MR) is 66.9 cm³/mol. The van der Waals surface area contributed by atoms with Gasteiger partial charge in [-0.05, 0) is 18.9 Å². The van der Waals surface area contributed by atoms with Crippen molar-refractivity contribution in [3.63, 3.8) is 0 Å². The molecule has 4 N–H and O–H groups in total. The molecule has 5 unspecified atom stereocenters. The van der Waals surface area contributed by atoms with Crippen LogP contribution >= 0.6 is 0 Å². The monoisotopic (exact) mass is 280 g/mol. The maximum absolute atomic E-state index is 12.4. The molecule has 108 valence electrons.